The molecule has 118 valence electrons. The van der Waals surface area contributed by atoms with E-state index in [2.05, 4.69) is 34.7 Å². The summed E-state index contributed by atoms with van der Waals surface area (Å²) in [5.41, 5.74) is 0.529. The molecule has 1 aromatic rings. The number of benzene rings is 1. The predicted octanol–water partition coefficient (Wildman–Crippen LogP) is 4.15. The van der Waals surface area contributed by atoms with Crippen LogP contribution in [0.1, 0.15) is 45.1 Å². The molecule has 0 bridgehead atoms. The van der Waals surface area contributed by atoms with Crippen LogP contribution in [0.15, 0.2) is 22.7 Å². The van der Waals surface area contributed by atoms with E-state index >= 15 is 0 Å². The quantitative estimate of drug-likeness (QED) is 0.874. The van der Waals surface area contributed by atoms with Crippen molar-refractivity contribution in [1.29, 1.82) is 0 Å². The van der Waals surface area contributed by atoms with Crippen molar-refractivity contribution in [2.45, 2.75) is 57.6 Å². The van der Waals surface area contributed by atoms with E-state index in [-0.39, 0.29) is 11.4 Å². The van der Waals surface area contributed by atoms with Crippen molar-refractivity contribution >= 4 is 15.9 Å². The number of hydrogen-bond acceptors (Lipinski definition) is 2. The Kier molecular flexibility index (Phi) is 5.81. The maximum atomic E-state index is 13.4. The molecule has 0 spiro atoms. The van der Waals surface area contributed by atoms with Gasteiger partial charge in [-0.2, -0.15) is 0 Å². The van der Waals surface area contributed by atoms with Crippen LogP contribution in [0.4, 0.5) is 4.39 Å². The summed E-state index contributed by atoms with van der Waals surface area (Å²) in [6.45, 7) is 6.26. The molecule has 0 saturated carbocycles. The van der Waals surface area contributed by atoms with Crippen molar-refractivity contribution < 1.29 is 9.50 Å². The van der Waals surface area contributed by atoms with Gasteiger partial charge in [0.2, 0.25) is 0 Å². The molecule has 1 aromatic carbocycles. The van der Waals surface area contributed by atoms with Gasteiger partial charge in [-0.25, -0.2) is 4.39 Å². The molecule has 2 nitrogen and oxygen atoms in total. The number of rotatable bonds is 4. The second kappa shape index (κ2) is 7.21. The molecule has 1 saturated heterocycles. The molecular weight excluding hydrogens is 333 g/mol. The van der Waals surface area contributed by atoms with E-state index in [9.17, 15) is 9.50 Å². The zero-order valence-electron chi connectivity index (χ0n) is 12.9. The molecule has 21 heavy (non-hydrogen) atoms. The van der Waals surface area contributed by atoms with Crippen LogP contribution in [-0.2, 0) is 6.42 Å². The van der Waals surface area contributed by atoms with Gasteiger partial charge in [0.1, 0.15) is 5.82 Å². The average molecular weight is 358 g/mol. The number of halogens is 2. The van der Waals surface area contributed by atoms with Gasteiger partial charge in [0.05, 0.1) is 6.10 Å². The monoisotopic (exact) mass is 357 g/mol. The Labute approximate surface area is 135 Å². The van der Waals surface area contributed by atoms with Gasteiger partial charge in [-0.1, -0.05) is 28.8 Å². The normalized spacial score (nSPS) is 19.3. The van der Waals surface area contributed by atoms with Gasteiger partial charge in [0.15, 0.2) is 0 Å². The fraction of sp³-hybridized carbons (Fsp3) is 0.647. The first-order chi connectivity index (χ1) is 9.91. The highest BCUT2D eigenvalue weighted by molar-refractivity contribution is 9.10. The third kappa shape index (κ3) is 4.27. The summed E-state index contributed by atoms with van der Waals surface area (Å²) in [6.07, 6.45) is 4.88. The summed E-state index contributed by atoms with van der Waals surface area (Å²) in [6, 6.07) is 4.64. The lowest BCUT2D eigenvalue weighted by Crippen LogP contribution is -2.53. The Hall–Kier alpha value is -0.450. The minimum absolute atomic E-state index is 0.257. The fourth-order valence-corrected chi connectivity index (χ4v) is 3.42. The van der Waals surface area contributed by atoms with Crippen molar-refractivity contribution in [1.82, 2.24) is 4.90 Å². The molecule has 1 unspecified atom stereocenters. The SMILES string of the molecule is CC(C)(C(O)Cc1cc(F)ccc1Br)N1CCCCCC1. The van der Waals surface area contributed by atoms with Gasteiger partial charge in [-0.05, 0) is 63.5 Å². The highest BCUT2D eigenvalue weighted by Crippen LogP contribution is 2.27. The second-order valence-electron chi connectivity index (χ2n) is 6.51. The van der Waals surface area contributed by atoms with E-state index in [0.717, 1.165) is 23.1 Å². The first-order valence-electron chi connectivity index (χ1n) is 7.78. The maximum absolute atomic E-state index is 13.4. The van der Waals surface area contributed by atoms with Gasteiger partial charge in [0.25, 0.3) is 0 Å². The summed E-state index contributed by atoms with van der Waals surface area (Å²) in [5.74, 6) is -0.257. The number of nitrogens with zero attached hydrogens (tertiary/aromatic N) is 1. The summed E-state index contributed by atoms with van der Waals surface area (Å²) < 4.78 is 14.2. The Bertz CT molecular complexity index is 470. The van der Waals surface area contributed by atoms with Crippen LogP contribution in [0.3, 0.4) is 0 Å². The summed E-state index contributed by atoms with van der Waals surface area (Å²) >= 11 is 3.44. The van der Waals surface area contributed by atoms with Gasteiger partial charge in [0, 0.05) is 16.4 Å². The summed E-state index contributed by atoms with van der Waals surface area (Å²) in [4.78, 5) is 2.39. The van der Waals surface area contributed by atoms with Crippen LogP contribution in [0.25, 0.3) is 0 Å². The first kappa shape index (κ1) is 16.9. The van der Waals surface area contributed by atoms with Gasteiger partial charge >= 0.3 is 0 Å². The number of aliphatic hydroxyl groups excluding tert-OH is 1. The van der Waals surface area contributed by atoms with Crippen molar-refractivity contribution in [2.75, 3.05) is 13.1 Å². The lowest BCUT2D eigenvalue weighted by molar-refractivity contribution is -0.00796. The molecule has 1 atom stereocenters. The van der Waals surface area contributed by atoms with Gasteiger partial charge in [-0.3, -0.25) is 4.90 Å². The first-order valence-corrected chi connectivity index (χ1v) is 8.57. The lowest BCUT2D eigenvalue weighted by atomic mass is 9.89. The molecule has 1 aliphatic rings. The molecule has 0 aromatic heterocycles. The van der Waals surface area contributed by atoms with E-state index in [1.807, 2.05) is 0 Å². The lowest BCUT2D eigenvalue weighted by Gasteiger charge is -2.41. The smallest absolute Gasteiger partial charge is 0.123 e. The fourth-order valence-electron chi connectivity index (χ4n) is 3.02. The van der Waals surface area contributed by atoms with Gasteiger partial charge in [-0.15, -0.1) is 0 Å². The molecule has 4 heteroatoms. The topological polar surface area (TPSA) is 23.5 Å². The third-order valence-corrected chi connectivity index (χ3v) is 5.43. The number of likely N-dealkylation sites (tertiary alicyclic amines) is 1. The second-order valence-corrected chi connectivity index (χ2v) is 7.36. The number of hydrogen-bond donors (Lipinski definition) is 1. The van der Waals surface area contributed by atoms with E-state index in [4.69, 9.17) is 0 Å². The summed E-state index contributed by atoms with van der Waals surface area (Å²) in [5, 5.41) is 10.7. The Morgan fingerprint density at radius 1 is 1.24 bits per heavy atom. The maximum Gasteiger partial charge on any atom is 0.123 e. The molecule has 1 heterocycles. The highest BCUT2D eigenvalue weighted by Gasteiger charge is 2.34. The highest BCUT2D eigenvalue weighted by atomic mass is 79.9. The minimum Gasteiger partial charge on any atom is -0.391 e. The molecule has 1 fully saturated rings. The van der Waals surface area contributed by atoms with Crippen molar-refractivity contribution in [3.8, 4) is 0 Å². The molecule has 0 radical (unpaired) electrons. The number of aliphatic hydroxyl groups is 1. The molecule has 0 amide bonds. The van der Waals surface area contributed by atoms with Crippen LogP contribution in [0.5, 0.6) is 0 Å². The molecular formula is C17H25BrFNO. The molecule has 1 aliphatic heterocycles. The zero-order valence-corrected chi connectivity index (χ0v) is 14.5. The van der Waals surface area contributed by atoms with Crippen LogP contribution < -0.4 is 0 Å². The largest absolute Gasteiger partial charge is 0.391 e. The van der Waals surface area contributed by atoms with Crippen LogP contribution in [-0.4, -0.2) is 34.7 Å². The summed E-state index contributed by atoms with van der Waals surface area (Å²) in [7, 11) is 0. The minimum atomic E-state index is -0.520. The standard InChI is InChI=1S/C17H25BrFNO/c1-17(2,20-9-5-3-4-6-10-20)16(21)12-13-11-14(19)7-8-15(13)18/h7-8,11,16,21H,3-6,9-10,12H2,1-2H3. The molecule has 0 aliphatic carbocycles. The van der Waals surface area contributed by atoms with E-state index in [1.165, 1.54) is 37.8 Å². The third-order valence-electron chi connectivity index (χ3n) is 4.66. The van der Waals surface area contributed by atoms with Crippen LogP contribution >= 0.6 is 15.9 Å². The zero-order chi connectivity index (χ0) is 15.5. The average Bonchev–Trinajstić information content (AvgIpc) is 2.72. The van der Waals surface area contributed by atoms with E-state index < -0.39 is 6.10 Å². The Morgan fingerprint density at radius 2 is 1.86 bits per heavy atom. The van der Waals surface area contributed by atoms with E-state index in [0.29, 0.717) is 6.42 Å². The Balaban J connectivity index is 2.09. The van der Waals surface area contributed by atoms with Crippen LogP contribution in [0.2, 0.25) is 0 Å². The van der Waals surface area contributed by atoms with Crippen molar-refractivity contribution in [3.05, 3.63) is 34.1 Å². The predicted molar refractivity (Wildman–Crippen MR) is 87.9 cm³/mol. The van der Waals surface area contributed by atoms with E-state index in [1.54, 1.807) is 6.07 Å². The van der Waals surface area contributed by atoms with Gasteiger partial charge < -0.3 is 5.11 Å². The molecule has 1 N–H and O–H groups in total. The Morgan fingerprint density at radius 3 is 2.48 bits per heavy atom. The van der Waals surface area contributed by atoms with Crippen molar-refractivity contribution in [3.63, 3.8) is 0 Å². The van der Waals surface area contributed by atoms with Crippen molar-refractivity contribution in [2.24, 2.45) is 0 Å². The van der Waals surface area contributed by atoms with Crippen LogP contribution in [0, 0.1) is 5.82 Å². The molecule has 2 rings (SSSR count).